The highest BCUT2D eigenvalue weighted by molar-refractivity contribution is 5.94. The highest BCUT2D eigenvalue weighted by Gasteiger charge is 2.29. The number of carbonyl (C=O) groups is 2. The molecule has 1 atom stereocenters. The van der Waals surface area contributed by atoms with Crippen molar-refractivity contribution in [2.45, 2.75) is 20.0 Å². The molecule has 7 nitrogen and oxygen atoms in total. The monoisotopic (exact) mass is 432 g/mol. The van der Waals surface area contributed by atoms with Gasteiger partial charge in [-0.05, 0) is 30.2 Å². The minimum absolute atomic E-state index is 0.0215. The second-order valence-corrected chi connectivity index (χ2v) is 8.46. The zero-order chi connectivity index (χ0) is 22.5. The molecule has 0 N–H and O–H groups in total. The number of morpholine rings is 1. The van der Waals surface area contributed by atoms with Crippen LogP contribution >= 0.6 is 0 Å². The molecule has 0 radical (unpaired) electrons. The Labute approximate surface area is 188 Å². The van der Waals surface area contributed by atoms with Gasteiger partial charge < -0.3 is 14.5 Å². The van der Waals surface area contributed by atoms with Crippen LogP contribution in [0.15, 0.2) is 60.8 Å². The number of para-hydroxylation sites is 2. The second kappa shape index (κ2) is 9.87. The van der Waals surface area contributed by atoms with Gasteiger partial charge in [-0.25, -0.2) is 4.98 Å². The number of nitrogens with zero attached hydrogens (tertiary/aromatic N) is 4. The first-order chi connectivity index (χ1) is 15.5. The standard InChI is InChI=1S/C25H28N4O3/c1-18(2)15-29(24(30)19-8-4-3-5-9-19)17-20-16-28(12-13-32-20)25(31)23-14-26-21-10-6-7-11-22(21)27-23/h3-11,14,18,20H,12-13,15-17H2,1-2H3/t20-/m0/s1. The lowest BCUT2D eigenvalue weighted by Crippen LogP contribution is -2.51. The lowest BCUT2D eigenvalue weighted by atomic mass is 10.1. The Hall–Kier alpha value is -3.32. The lowest BCUT2D eigenvalue weighted by Gasteiger charge is -2.36. The summed E-state index contributed by atoms with van der Waals surface area (Å²) in [6, 6.07) is 16.8. The van der Waals surface area contributed by atoms with E-state index in [9.17, 15) is 9.59 Å². The van der Waals surface area contributed by atoms with Crippen molar-refractivity contribution in [3.63, 3.8) is 0 Å². The molecule has 3 aromatic rings. The number of benzene rings is 2. The van der Waals surface area contributed by atoms with Crippen LogP contribution in [0.25, 0.3) is 11.0 Å². The van der Waals surface area contributed by atoms with Crippen molar-refractivity contribution < 1.29 is 14.3 Å². The van der Waals surface area contributed by atoms with E-state index in [1.807, 2.05) is 59.5 Å². The molecule has 0 unspecified atom stereocenters. The van der Waals surface area contributed by atoms with Crippen LogP contribution in [0.1, 0.15) is 34.7 Å². The topological polar surface area (TPSA) is 75.6 Å². The molecule has 1 saturated heterocycles. The smallest absolute Gasteiger partial charge is 0.274 e. The minimum Gasteiger partial charge on any atom is -0.373 e. The Morgan fingerprint density at radius 2 is 1.81 bits per heavy atom. The van der Waals surface area contributed by atoms with Gasteiger partial charge in [0.15, 0.2) is 0 Å². The van der Waals surface area contributed by atoms with Crippen LogP contribution in [0.3, 0.4) is 0 Å². The van der Waals surface area contributed by atoms with E-state index in [0.29, 0.717) is 55.5 Å². The number of fused-ring (bicyclic) bond motifs is 1. The normalized spacial score (nSPS) is 16.3. The molecule has 4 rings (SSSR count). The highest BCUT2D eigenvalue weighted by Crippen LogP contribution is 2.15. The van der Waals surface area contributed by atoms with Crippen molar-refractivity contribution in [1.29, 1.82) is 0 Å². The summed E-state index contributed by atoms with van der Waals surface area (Å²) in [7, 11) is 0. The van der Waals surface area contributed by atoms with Crippen molar-refractivity contribution in [3.05, 3.63) is 72.1 Å². The van der Waals surface area contributed by atoms with Crippen LogP contribution in [-0.4, -0.2) is 70.5 Å². The molecule has 0 saturated carbocycles. The van der Waals surface area contributed by atoms with E-state index >= 15 is 0 Å². The van der Waals surface area contributed by atoms with E-state index in [1.54, 1.807) is 4.90 Å². The molecule has 1 aromatic heterocycles. The van der Waals surface area contributed by atoms with Gasteiger partial charge in [-0.2, -0.15) is 0 Å². The third kappa shape index (κ3) is 5.11. The van der Waals surface area contributed by atoms with E-state index < -0.39 is 0 Å². The molecular formula is C25H28N4O3. The molecular weight excluding hydrogens is 404 g/mol. The predicted molar refractivity (Wildman–Crippen MR) is 122 cm³/mol. The molecule has 2 amide bonds. The number of ether oxygens (including phenoxy) is 1. The molecule has 0 bridgehead atoms. The number of amides is 2. The summed E-state index contributed by atoms with van der Waals surface area (Å²) < 4.78 is 5.94. The molecule has 7 heteroatoms. The lowest BCUT2D eigenvalue weighted by molar-refractivity contribution is -0.0341. The highest BCUT2D eigenvalue weighted by atomic mass is 16.5. The average Bonchev–Trinajstić information content (AvgIpc) is 2.83. The molecule has 2 aromatic carbocycles. The molecule has 2 heterocycles. The summed E-state index contributed by atoms with van der Waals surface area (Å²) in [5, 5.41) is 0. The van der Waals surface area contributed by atoms with Gasteiger partial charge in [0.25, 0.3) is 11.8 Å². The fourth-order valence-corrected chi connectivity index (χ4v) is 3.93. The SMILES string of the molecule is CC(C)CN(C[C@@H]1CN(C(=O)c2cnc3ccccc3n2)CCO1)C(=O)c1ccccc1. The summed E-state index contributed by atoms with van der Waals surface area (Å²) in [4.78, 5) is 38.6. The van der Waals surface area contributed by atoms with Crippen LogP contribution in [0.5, 0.6) is 0 Å². The third-order valence-electron chi connectivity index (χ3n) is 5.41. The number of hydrogen-bond acceptors (Lipinski definition) is 5. The van der Waals surface area contributed by atoms with Gasteiger partial charge in [0.2, 0.25) is 0 Å². The molecule has 1 fully saturated rings. The summed E-state index contributed by atoms with van der Waals surface area (Å²) in [6.45, 7) is 6.54. The van der Waals surface area contributed by atoms with Crippen molar-refractivity contribution in [2.75, 3.05) is 32.8 Å². The van der Waals surface area contributed by atoms with Crippen LogP contribution < -0.4 is 0 Å². The average molecular weight is 433 g/mol. The Balaban J connectivity index is 1.46. The summed E-state index contributed by atoms with van der Waals surface area (Å²) in [5.74, 6) is 0.130. The molecule has 1 aliphatic heterocycles. The minimum atomic E-state index is -0.257. The summed E-state index contributed by atoms with van der Waals surface area (Å²) >= 11 is 0. The number of rotatable bonds is 6. The largest absolute Gasteiger partial charge is 0.373 e. The Bertz CT molecular complexity index is 1090. The summed E-state index contributed by atoms with van der Waals surface area (Å²) in [5.41, 5.74) is 2.43. The van der Waals surface area contributed by atoms with Crippen molar-refractivity contribution in [3.8, 4) is 0 Å². The predicted octanol–water partition coefficient (Wildman–Crippen LogP) is 3.27. The van der Waals surface area contributed by atoms with E-state index in [4.69, 9.17) is 4.74 Å². The number of carbonyl (C=O) groups excluding carboxylic acids is 2. The van der Waals surface area contributed by atoms with Crippen LogP contribution in [-0.2, 0) is 4.74 Å². The van der Waals surface area contributed by atoms with E-state index in [0.717, 1.165) is 5.52 Å². The maximum absolute atomic E-state index is 13.1. The van der Waals surface area contributed by atoms with Gasteiger partial charge in [0, 0.05) is 31.7 Å². The van der Waals surface area contributed by atoms with Crippen LogP contribution in [0.2, 0.25) is 0 Å². The van der Waals surface area contributed by atoms with Crippen LogP contribution in [0, 0.1) is 5.92 Å². The zero-order valence-electron chi connectivity index (χ0n) is 18.5. The zero-order valence-corrected chi connectivity index (χ0v) is 18.5. The number of hydrogen-bond donors (Lipinski definition) is 0. The Morgan fingerprint density at radius 1 is 1.09 bits per heavy atom. The Kier molecular flexibility index (Phi) is 6.75. The second-order valence-electron chi connectivity index (χ2n) is 8.46. The molecule has 166 valence electrons. The van der Waals surface area contributed by atoms with E-state index in [1.165, 1.54) is 6.20 Å². The van der Waals surface area contributed by atoms with Gasteiger partial charge in [-0.3, -0.25) is 14.6 Å². The van der Waals surface area contributed by atoms with Crippen molar-refractivity contribution in [2.24, 2.45) is 5.92 Å². The fraction of sp³-hybridized carbons (Fsp3) is 0.360. The number of aromatic nitrogens is 2. The first-order valence-corrected chi connectivity index (χ1v) is 11.0. The van der Waals surface area contributed by atoms with Gasteiger partial charge in [-0.1, -0.05) is 44.2 Å². The van der Waals surface area contributed by atoms with Gasteiger partial charge >= 0.3 is 0 Å². The van der Waals surface area contributed by atoms with Crippen molar-refractivity contribution >= 4 is 22.8 Å². The van der Waals surface area contributed by atoms with E-state index in [-0.39, 0.29) is 17.9 Å². The van der Waals surface area contributed by atoms with Gasteiger partial charge in [0.1, 0.15) is 5.69 Å². The first-order valence-electron chi connectivity index (χ1n) is 11.0. The maximum Gasteiger partial charge on any atom is 0.274 e. The third-order valence-corrected chi connectivity index (χ3v) is 5.41. The Morgan fingerprint density at radius 3 is 2.56 bits per heavy atom. The summed E-state index contributed by atoms with van der Waals surface area (Å²) in [6.07, 6.45) is 1.27. The van der Waals surface area contributed by atoms with Crippen LogP contribution in [0.4, 0.5) is 0 Å². The first kappa shape index (κ1) is 21.9. The molecule has 0 aliphatic carbocycles. The quantitative estimate of drug-likeness (QED) is 0.598. The van der Waals surface area contributed by atoms with Gasteiger partial charge in [0.05, 0.1) is 29.9 Å². The molecule has 1 aliphatic rings. The van der Waals surface area contributed by atoms with Gasteiger partial charge in [-0.15, -0.1) is 0 Å². The van der Waals surface area contributed by atoms with Crippen molar-refractivity contribution in [1.82, 2.24) is 19.8 Å². The molecule has 32 heavy (non-hydrogen) atoms. The fourth-order valence-electron chi connectivity index (χ4n) is 3.93. The molecule has 0 spiro atoms. The maximum atomic E-state index is 13.1. The van der Waals surface area contributed by atoms with E-state index in [2.05, 4.69) is 23.8 Å².